The minimum Gasteiger partial charge on any atom is -0.302 e. The Bertz CT molecular complexity index is 734. The second kappa shape index (κ2) is 6.30. The first-order chi connectivity index (χ1) is 10.5. The zero-order valence-corrected chi connectivity index (χ0v) is 14.2. The van der Waals surface area contributed by atoms with Gasteiger partial charge in [-0.05, 0) is 20.3 Å². The van der Waals surface area contributed by atoms with Crippen LogP contribution in [0.25, 0.3) is 0 Å². The fourth-order valence-electron chi connectivity index (χ4n) is 2.93. The van der Waals surface area contributed by atoms with E-state index >= 15 is 0 Å². The van der Waals surface area contributed by atoms with E-state index < -0.39 is 0 Å². The van der Waals surface area contributed by atoms with Crippen LogP contribution in [0.3, 0.4) is 0 Å². The molecule has 0 radical (unpaired) electrons. The zero-order chi connectivity index (χ0) is 15.7. The molecule has 6 heteroatoms. The maximum Gasteiger partial charge on any atom is 0.256 e. The third-order valence-electron chi connectivity index (χ3n) is 4.39. The molecule has 2 aromatic heterocycles. The Balaban J connectivity index is 1.68. The van der Waals surface area contributed by atoms with Gasteiger partial charge in [0.25, 0.3) is 5.56 Å². The van der Waals surface area contributed by atoms with Gasteiger partial charge in [-0.1, -0.05) is 0 Å². The molecule has 1 aliphatic rings. The highest BCUT2D eigenvalue weighted by molar-refractivity contribution is 7.09. The number of fused-ring (bicyclic) bond motifs is 1. The standard InChI is InChI=1S/C16H22N4OS/c1-11-17-15-6-9-20(7-4-13-10-22-12(2)18-13)8-5-14(15)16(21)19(11)3/h10H,4-9H2,1-3H3. The van der Waals surface area contributed by atoms with E-state index in [0.29, 0.717) is 0 Å². The smallest absolute Gasteiger partial charge is 0.256 e. The average Bonchev–Trinajstić information content (AvgIpc) is 2.80. The molecule has 2 aromatic rings. The highest BCUT2D eigenvalue weighted by atomic mass is 32.1. The van der Waals surface area contributed by atoms with Gasteiger partial charge in [0.15, 0.2) is 0 Å². The van der Waals surface area contributed by atoms with Crippen molar-refractivity contribution >= 4 is 11.3 Å². The Morgan fingerprint density at radius 3 is 2.73 bits per heavy atom. The van der Waals surface area contributed by atoms with Crippen LogP contribution >= 0.6 is 11.3 Å². The van der Waals surface area contributed by atoms with Crippen LogP contribution in [0.2, 0.25) is 0 Å². The third-order valence-corrected chi connectivity index (χ3v) is 5.21. The second-order valence-electron chi connectivity index (χ2n) is 5.90. The minimum atomic E-state index is 0.125. The summed E-state index contributed by atoms with van der Waals surface area (Å²) in [5.41, 5.74) is 3.20. The van der Waals surface area contributed by atoms with Crippen LogP contribution in [0.15, 0.2) is 10.2 Å². The Hall–Kier alpha value is -1.53. The largest absolute Gasteiger partial charge is 0.302 e. The van der Waals surface area contributed by atoms with Crippen molar-refractivity contribution in [2.75, 3.05) is 19.6 Å². The van der Waals surface area contributed by atoms with Gasteiger partial charge in [-0.25, -0.2) is 9.97 Å². The van der Waals surface area contributed by atoms with Gasteiger partial charge in [0, 0.05) is 50.5 Å². The number of nitrogens with zero attached hydrogens (tertiary/aromatic N) is 4. The van der Waals surface area contributed by atoms with Gasteiger partial charge < -0.3 is 4.90 Å². The monoisotopic (exact) mass is 318 g/mol. The summed E-state index contributed by atoms with van der Waals surface area (Å²) in [6, 6.07) is 0. The Morgan fingerprint density at radius 2 is 2.00 bits per heavy atom. The van der Waals surface area contributed by atoms with Crippen LogP contribution in [-0.2, 0) is 26.3 Å². The van der Waals surface area contributed by atoms with Crippen LogP contribution in [0, 0.1) is 13.8 Å². The van der Waals surface area contributed by atoms with E-state index in [1.54, 1.807) is 23.0 Å². The lowest BCUT2D eigenvalue weighted by atomic mass is 10.1. The molecule has 0 bridgehead atoms. The Morgan fingerprint density at radius 1 is 1.23 bits per heavy atom. The molecular formula is C16H22N4OS. The number of aromatic nitrogens is 3. The summed E-state index contributed by atoms with van der Waals surface area (Å²) in [5.74, 6) is 0.801. The maximum atomic E-state index is 12.4. The van der Waals surface area contributed by atoms with Gasteiger partial charge >= 0.3 is 0 Å². The number of thiazole rings is 1. The summed E-state index contributed by atoms with van der Waals surface area (Å²) < 4.78 is 1.66. The number of hydrogen-bond acceptors (Lipinski definition) is 5. The molecule has 0 fully saturated rings. The average molecular weight is 318 g/mol. The molecule has 0 unspecified atom stereocenters. The Kier molecular flexibility index (Phi) is 4.40. The van der Waals surface area contributed by atoms with Gasteiger partial charge in [-0.2, -0.15) is 0 Å². The maximum absolute atomic E-state index is 12.4. The van der Waals surface area contributed by atoms with Crippen molar-refractivity contribution in [2.45, 2.75) is 33.1 Å². The predicted molar refractivity (Wildman–Crippen MR) is 88.6 cm³/mol. The lowest BCUT2D eigenvalue weighted by Gasteiger charge is -2.18. The van der Waals surface area contributed by atoms with Crippen molar-refractivity contribution in [3.05, 3.63) is 43.5 Å². The predicted octanol–water partition coefficient (Wildman–Crippen LogP) is 1.50. The van der Waals surface area contributed by atoms with E-state index in [0.717, 1.165) is 61.0 Å². The molecule has 0 N–H and O–H groups in total. The highest BCUT2D eigenvalue weighted by Gasteiger charge is 2.19. The first-order valence-electron chi connectivity index (χ1n) is 7.73. The molecular weight excluding hydrogens is 296 g/mol. The van der Waals surface area contributed by atoms with E-state index in [9.17, 15) is 4.79 Å². The number of aryl methyl sites for hydroxylation is 2. The Labute approximate surface area is 134 Å². The summed E-state index contributed by atoms with van der Waals surface area (Å²) in [6.45, 7) is 6.83. The fourth-order valence-corrected chi connectivity index (χ4v) is 3.58. The molecule has 0 saturated carbocycles. The summed E-state index contributed by atoms with van der Waals surface area (Å²) >= 11 is 1.71. The van der Waals surface area contributed by atoms with Gasteiger partial charge in [-0.15, -0.1) is 11.3 Å². The topological polar surface area (TPSA) is 51.0 Å². The van der Waals surface area contributed by atoms with Crippen LogP contribution < -0.4 is 5.56 Å². The molecule has 22 heavy (non-hydrogen) atoms. The molecule has 3 rings (SSSR count). The number of hydrogen-bond donors (Lipinski definition) is 0. The van der Waals surface area contributed by atoms with E-state index in [2.05, 4.69) is 20.2 Å². The van der Waals surface area contributed by atoms with Crippen molar-refractivity contribution in [2.24, 2.45) is 7.05 Å². The molecule has 1 aliphatic heterocycles. The van der Waals surface area contributed by atoms with Crippen LogP contribution in [0.5, 0.6) is 0 Å². The lowest BCUT2D eigenvalue weighted by Crippen LogP contribution is -2.29. The van der Waals surface area contributed by atoms with Crippen molar-refractivity contribution in [3.8, 4) is 0 Å². The van der Waals surface area contributed by atoms with Crippen molar-refractivity contribution in [1.82, 2.24) is 19.4 Å². The first-order valence-corrected chi connectivity index (χ1v) is 8.61. The van der Waals surface area contributed by atoms with Crippen LogP contribution in [-0.4, -0.2) is 39.1 Å². The van der Waals surface area contributed by atoms with Crippen LogP contribution in [0.4, 0.5) is 0 Å². The molecule has 0 aliphatic carbocycles. The molecule has 0 spiro atoms. The number of rotatable bonds is 3. The molecule has 118 valence electrons. The van der Waals surface area contributed by atoms with Crippen molar-refractivity contribution in [3.63, 3.8) is 0 Å². The van der Waals surface area contributed by atoms with Gasteiger partial charge in [0.1, 0.15) is 5.82 Å². The van der Waals surface area contributed by atoms with Gasteiger partial charge in [0.05, 0.1) is 16.4 Å². The lowest BCUT2D eigenvalue weighted by molar-refractivity contribution is 0.290. The molecule has 0 atom stereocenters. The summed E-state index contributed by atoms with van der Waals surface area (Å²) in [5, 5.41) is 3.27. The molecule has 0 amide bonds. The molecule has 5 nitrogen and oxygen atoms in total. The second-order valence-corrected chi connectivity index (χ2v) is 6.96. The first kappa shape index (κ1) is 15.4. The summed E-state index contributed by atoms with van der Waals surface area (Å²) in [7, 11) is 1.80. The molecule has 0 saturated heterocycles. The zero-order valence-electron chi connectivity index (χ0n) is 13.4. The highest BCUT2D eigenvalue weighted by Crippen LogP contribution is 2.13. The quantitative estimate of drug-likeness (QED) is 0.860. The van der Waals surface area contributed by atoms with Gasteiger partial charge in [-0.3, -0.25) is 9.36 Å². The van der Waals surface area contributed by atoms with Crippen molar-refractivity contribution < 1.29 is 0 Å². The van der Waals surface area contributed by atoms with Crippen LogP contribution in [0.1, 0.15) is 27.8 Å². The molecule has 0 aromatic carbocycles. The van der Waals surface area contributed by atoms with E-state index in [1.807, 2.05) is 13.8 Å². The minimum absolute atomic E-state index is 0.125. The summed E-state index contributed by atoms with van der Waals surface area (Å²) in [6.07, 6.45) is 2.64. The van der Waals surface area contributed by atoms with E-state index in [-0.39, 0.29) is 5.56 Å². The summed E-state index contributed by atoms with van der Waals surface area (Å²) in [4.78, 5) is 23.9. The van der Waals surface area contributed by atoms with E-state index in [1.165, 1.54) is 5.69 Å². The normalized spacial score (nSPS) is 15.6. The third kappa shape index (κ3) is 3.13. The molecule has 3 heterocycles. The fraction of sp³-hybridized carbons (Fsp3) is 0.562. The van der Waals surface area contributed by atoms with E-state index in [4.69, 9.17) is 0 Å². The SMILES string of the molecule is Cc1nc(CCN2CCc3nc(C)n(C)c(=O)c3CC2)cs1. The van der Waals surface area contributed by atoms with Gasteiger partial charge in [0.2, 0.25) is 0 Å². The van der Waals surface area contributed by atoms with Crippen molar-refractivity contribution in [1.29, 1.82) is 0 Å².